The van der Waals surface area contributed by atoms with Crippen LogP contribution >= 0.6 is 11.3 Å². The van der Waals surface area contributed by atoms with E-state index in [9.17, 15) is 4.79 Å². The Morgan fingerprint density at radius 3 is 2.94 bits per heavy atom. The average molecular weight is 253 g/mol. The summed E-state index contributed by atoms with van der Waals surface area (Å²) in [6.45, 7) is 2.12. The van der Waals surface area contributed by atoms with Gasteiger partial charge in [0.1, 0.15) is 6.04 Å². The monoisotopic (exact) mass is 253 g/mol. The minimum atomic E-state index is -0.120. The van der Waals surface area contributed by atoms with E-state index in [2.05, 4.69) is 29.8 Å². The molecule has 0 radical (unpaired) electrons. The third kappa shape index (κ3) is 3.54. The number of carbonyl (C=O) groups is 1. The van der Waals surface area contributed by atoms with Gasteiger partial charge in [-0.25, -0.2) is 0 Å². The molecule has 1 aromatic heterocycles. The highest BCUT2D eigenvalue weighted by Gasteiger charge is 2.37. The lowest BCUT2D eigenvalue weighted by Crippen LogP contribution is -2.45. The summed E-state index contributed by atoms with van der Waals surface area (Å²) in [6, 6.07) is 4.38. The second-order valence-electron chi connectivity index (χ2n) is 4.69. The molecular weight excluding hydrogens is 234 g/mol. The summed E-state index contributed by atoms with van der Waals surface area (Å²) in [7, 11) is 1.46. The fourth-order valence-corrected chi connectivity index (χ4v) is 2.88. The number of hydrogen-bond donors (Lipinski definition) is 1. The Bertz CT molecular complexity index is 360. The third-order valence-corrected chi connectivity index (χ3v) is 4.00. The third-order valence-electron chi connectivity index (χ3n) is 3.10. The van der Waals surface area contributed by atoms with Crippen LogP contribution in [-0.2, 0) is 16.0 Å². The molecule has 17 heavy (non-hydrogen) atoms. The van der Waals surface area contributed by atoms with Crippen molar-refractivity contribution >= 4 is 17.3 Å². The van der Waals surface area contributed by atoms with Gasteiger partial charge in [-0.2, -0.15) is 0 Å². The van der Waals surface area contributed by atoms with Gasteiger partial charge in [-0.15, -0.1) is 11.3 Å². The topological polar surface area (TPSA) is 38.3 Å². The minimum Gasteiger partial charge on any atom is -0.468 e. The van der Waals surface area contributed by atoms with Gasteiger partial charge in [-0.3, -0.25) is 4.79 Å². The van der Waals surface area contributed by atoms with Gasteiger partial charge in [-0.05, 0) is 43.6 Å². The molecule has 1 fully saturated rings. The minimum absolute atomic E-state index is 0.116. The first-order valence-corrected chi connectivity index (χ1v) is 6.95. The molecule has 1 aliphatic rings. The fourth-order valence-electron chi connectivity index (χ4n) is 2.05. The molecule has 4 heteroatoms. The SMILES string of the molecule is COC(=O)C(NC(C)Cc1cccs1)C1CC1. The van der Waals surface area contributed by atoms with Crippen LogP contribution in [-0.4, -0.2) is 25.2 Å². The molecule has 2 atom stereocenters. The van der Waals surface area contributed by atoms with Crippen LogP contribution in [0.3, 0.4) is 0 Å². The number of thiophene rings is 1. The van der Waals surface area contributed by atoms with E-state index in [1.165, 1.54) is 12.0 Å². The van der Waals surface area contributed by atoms with Crippen molar-refractivity contribution in [2.75, 3.05) is 7.11 Å². The number of hydrogen-bond acceptors (Lipinski definition) is 4. The van der Waals surface area contributed by atoms with Crippen LogP contribution in [0.25, 0.3) is 0 Å². The van der Waals surface area contributed by atoms with E-state index in [1.54, 1.807) is 11.3 Å². The van der Waals surface area contributed by atoms with E-state index in [0.717, 1.165) is 19.3 Å². The predicted octanol–water partition coefficient (Wildman–Crippen LogP) is 2.22. The fraction of sp³-hybridized carbons (Fsp3) is 0.615. The molecule has 1 aromatic rings. The smallest absolute Gasteiger partial charge is 0.323 e. The van der Waals surface area contributed by atoms with Crippen LogP contribution in [0.4, 0.5) is 0 Å². The lowest BCUT2D eigenvalue weighted by molar-refractivity contribution is -0.143. The molecule has 0 aromatic carbocycles. The molecule has 0 amide bonds. The predicted molar refractivity (Wildman–Crippen MR) is 69.1 cm³/mol. The number of esters is 1. The zero-order chi connectivity index (χ0) is 12.3. The summed E-state index contributed by atoms with van der Waals surface area (Å²) in [5.41, 5.74) is 0. The van der Waals surface area contributed by atoms with Gasteiger partial charge < -0.3 is 10.1 Å². The number of rotatable bonds is 6. The highest BCUT2D eigenvalue weighted by Crippen LogP contribution is 2.33. The molecule has 0 spiro atoms. The van der Waals surface area contributed by atoms with Gasteiger partial charge in [0, 0.05) is 10.9 Å². The van der Waals surface area contributed by atoms with Crippen LogP contribution in [0.15, 0.2) is 17.5 Å². The number of nitrogens with one attached hydrogen (secondary N) is 1. The van der Waals surface area contributed by atoms with Crippen molar-refractivity contribution in [2.24, 2.45) is 5.92 Å². The van der Waals surface area contributed by atoms with Crippen molar-refractivity contribution in [3.8, 4) is 0 Å². The Labute approximate surface area is 106 Å². The second-order valence-corrected chi connectivity index (χ2v) is 5.72. The lowest BCUT2D eigenvalue weighted by Gasteiger charge is -2.20. The molecule has 0 bridgehead atoms. The standard InChI is InChI=1S/C13H19NO2S/c1-9(8-11-4-3-7-17-11)14-12(10-5-6-10)13(15)16-2/h3-4,7,9-10,12,14H,5-6,8H2,1-2H3. The Balaban J connectivity index is 1.86. The first-order valence-electron chi connectivity index (χ1n) is 6.07. The van der Waals surface area contributed by atoms with Crippen LogP contribution in [0.2, 0.25) is 0 Å². The first-order chi connectivity index (χ1) is 8.20. The summed E-state index contributed by atoms with van der Waals surface area (Å²) < 4.78 is 4.85. The molecular formula is C13H19NO2S. The molecule has 1 heterocycles. The summed E-state index contributed by atoms with van der Waals surface area (Å²) in [6.07, 6.45) is 3.24. The quantitative estimate of drug-likeness (QED) is 0.790. The Hall–Kier alpha value is -0.870. The highest BCUT2D eigenvalue weighted by atomic mass is 32.1. The van der Waals surface area contributed by atoms with Gasteiger partial charge in [0.2, 0.25) is 0 Å². The van der Waals surface area contributed by atoms with Gasteiger partial charge >= 0.3 is 5.97 Å². The molecule has 1 N–H and O–H groups in total. The number of ether oxygens (including phenoxy) is 1. The van der Waals surface area contributed by atoms with Crippen LogP contribution < -0.4 is 5.32 Å². The highest BCUT2D eigenvalue weighted by molar-refractivity contribution is 7.09. The zero-order valence-electron chi connectivity index (χ0n) is 10.3. The molecule has 1 aliphatic carbocycles. The Kier molecular flexibility index (Phi) is 4.18. The van der Waals surface area contributed by atoms with E-state index in [1.807, 2.05) is 0 Å². The molecule has 2 unspecified atom stereocenters. The van der Waals surface area contributed by atoms with Crippen molar-refractivity contribution in [3.63, 3.8) is 0 Å². The summed E-state index contributed by atoms with van der Waals surface area (Å²) in [5, 5.41) is 5.48. The maximum absolute atomic E-state index is 11.6. The number of carbonyl (C=O) groups excluding carboxylic acids is 1. The molecule has 3 nitrogen and oxygen atoms in total. The number of methoxy groups -OCH3 is 1. The van der Waals surface area contributed by atoms with Crippen molar-refractivity contribution < 1.29 is 9.53 Å². The molecule has 2 rings (SSSR count). The van der Waals surface area contributed by atoms with E-state index in [0.29, 0.717) is 12.0 Å². The van der Waals surface area contributed by atoms with Gasteiger partial charge in [0.25, 0.3) is 0 Å². The Morgan fingerprint density at radius 1 is 1.65 bits per heavy atom. The largest absolute Gasteiger partial charge is 0.468 e. The van der Waals surface area contributed by atoms with Crippen LogP contribution in [0.1, 0.15) is 24.6 Å². The van der Waals surface area contributed by atoms with Crippen molar-refractivity contribution in [1.82, 2.24) is 5.32 Å². The molecule has 1 saturated carbocycles. The molecule has 0 saturated heterocycles. The second kappa shape index (κ2) is 5.65. The van der Waals surface area contributed by atoms with Crippen LogP contribution in [0, 0.1) is 5.92 Å². The average Bonchev–Trinajstić information content (AvgIpc) is 3.04. The Morgan fingerprint density at radius 2 is 2.41 bits per heavy atom. The van der Waals surface area contributed by atoms with E-state index in [-0.39, 0.29) is 12.0 Å². The van der Waals surface area contributed by atoms with E-state index < -0.39 is 0 Å². The van der Waals surface area contributed by atoms with Crippen molar-refractivity contribution in [3.05, 3.63) is 22.4 Å². The van der Waals surface area contributed by atoms with Crippen molar-refractivity contribution in [1.29, 1.82) is 0 Å². The van der Waals surface area contributed by atoms with E-state index >= 15 is 0 Å². The summed E-state index contributed by atoms with van der Waals surface area (Å²) in [4.78, 5) is 13.0. The summed E-state index contributed by atoms with van der Waals surface area (Å²) >= 11 is 1.76. The van der Waals surface area contributed by atoms with Gasteiger partial charge in [0.15, 0.2) is 0 Å². The van der Waals surface area contributed by atoms with Crippen LogP contribution in [0.5, 0.6) is 0 Å². The lowest BCUT2D eigenvalue weighted by atomic mass is 10.1. The van der Waals surface area contributed by atoms with Gasteiger partial charge in [-0.1, -0.05) is 6.07 Å². The molecule has 94 valence electrons. The maximum Gasteiger partial charge on any atom is 0.323 e. The normalized spacial score (nSPS) is 18.7. The molecule has 0 aliphatic heterocycles. The van der Waals surface area contributed by atoms with Gasteiger partial charge in [0.05, 0.1) is 7.11 Å². The first kappa shape index (κ1) is 12.6. The maximum atomic E-state index is 11.6. The summed E-state index contributed by atoms with van der Waals surface area (Å²) in [5.74, 6) is 0.360. The van der Waals surface area contributed by atoms with Crippen molar-refractivity contribution in [2.45, 2.75) is 38.3 Å². The zero-order valence-corrected chi connectivity index (χ0v) is 11.1. The van der Waals surface area contributed by atoms with E-state index in [4.69, 9.17) is 4.74 Å².